The molecule has 0 aliphatic carbocycles. The summed E-state index contributed by atoms with van der Waals surface area (Å²) in [6.07, 6.45) is 0. The number of carbonyl (C=O) groups is 2. The van der Waals surface area contributed by atoms with Gasteiger partial charge >= 0.3 is 6.03 Å². The van der Waals surface area contributed by atoms with Crippen LogP contribution in [0.15, 0.2) is 5.16 Å². The van der Waals surface area contributed by atoms with Gasteiger partial charge < -0.3 is 10.6 Å². The van der Waals surface area contributed by atoms with Gasteiger partial charge in [0.25, 0.3) is 5.91 Å². The highest BCUT2D eigenvalue weighted by atomic mass is 16.6. The normalized spacial score (nSPS) is 9.43. The number of imide groups is 1. The Morgan fingerprint density at radius 2 is 2.14 bits per heavy atom. The van der Waals surface area contributed by atoms with Crippen LogP contribution < -0.4 is 11.1 Å². The first kappa shape index (κ1) is 11.4. The third-order valence-corrected chi connectivity index (χ3v) is 0.843. The zero-order valence-corrected chi connectivity index (χ0v) is 6.85. The molecule has 0 aromatic carbocycles. The summed E-state index contributed by atoms with van der Waals surface area (Å²) in [5.74, 6) is -1.09. The van der Waals surface area contributed by atoms with Crippen molar-refractivity contribution in [2.24, 2.45) is 10.9 Å². The van der Waals surface area contributed by atoms with Crippen LogP contribution in [0.2, 0.25) is 0 Å². The number of hydrogen-bond acceptors (Lipinski definition) is 6. The summed E-state index contributed by atoms with van der Waals surface area (Å²) in [6.45, 7) is -0.408. The van der Waals surface area contributed by atoms with E-state index in [4.69, 9.17) is 10.5 Å². The highest BCUT2D eigenvalue weighted by Crippen LogP contribution is 1.81. The Kier molecular flexibility index (Phi) is 4.86. The third-order valence-electron chi connectivity index (χ3n) is 0.843. The topological polar surface area (TPSA) is 141 Å². The van der Waals surface area contributed by atoms with E-state index in [0.717, 1.165) is 0 Å². The minimum atomic E-state index is -1.11. The molecule has 3 amide bonds. The number of primary amides is 1. The Morgan fingerprint density at radius 3 is 2.57 bits per heavy atom. The predicted octanol–water partition coefficient (Wildman–Crippen LogP) is -1.40. The van der Waals surface area contributed by atoms with Crippen molar-refractivity contribution < 1.29 is 14.4 Å². The largest absolute Gasteiger partial charge is 0.379 e. The molecule has 72 valence electrons. The van der Waals surface area contributed by atoms with Gasteiger partial charge in [-0.1, -0.05) is 5.16 Å². The molecule has 0 atom stereocenters. The first-order valence-electron chi connectivity index (χ1n) is 3.19. The number of rotatable bonds is 3. The number of urea groups is 1. The quantitative estimate of drug-likeness (QED) is 0.323. The van der Waals surface area contributed by atoms with Crippen LogP contribution >= 0.6 is 0 Å². The van der Waals surface area contributed by atoms with Crippen molar-refractivity contribution in [2.75, 3.05) is 6.61 Å². The van der Waals surface area contributed by atoms with Gasteiger partial charge in [-0.2, -0.15) is 10.5 Å². The maximum absolute atomic E-state index is 10.9. The van der Waals surface area contributed by atoms with Crippen LogP contribution in [0.3, 0.4) is 0 Å². The molecular weight excluding hydrogens is 190 g/mol. The molecule has 0 aliphatic rings. The van der Waals surface area contributed by atoms with Gasteiger partial charge in [-0.05, 0) is 0 Å². The Hall–Kier alpha value is -2.61. The lowest BCUT2D eigenvalue weighted by molar-refractivity contribution is -0.113. The molecule has 0 bridgehead atoms. The average molecular weight is 195 g/mol. The number of nitrogens with two attached hydrogens (primary N) is 1. The minimum Gasteiger partial charge on any atom is -0.379 e. The van der Waals surface area contributed by atoms with Gasteiger partial charge in [0, 0.05) is 0 Å². The summed E-state index contributed by atoms with van der Waals surface area (Å²) in [7, 11) is 0. The molecule has 0 saturated heterocycles. The van der Waals surface area contributed by atoms with Gasteiger partial charge in [-0.25, -0.2) is 4.79 Å². The molecule has 0 radical (unpaired) electrons. The van der Waals surface area contributed by atoms with E-state index in [2.05, 4.69) is 15.7 Å². The second-order valence-corrected chi connectivity index (χ2v) is 1.80. The lowest BCUT2D eigenvalue weighted by atomic mass is 10.4. The molecule has 0 fully saturated rings. The summed E-state index contributed by atoms with van der Waals surface area (Å²) in [4.78, 5) is 25.3. The van der Waals surface area contributed by atoms with Gasteiger partial charge in [0.2, 0.25) is 12.3 Å². The van der Waals surface area contributed by atoms with E-state index in [-0.39, 0.29) is 0 Å². The molecule has 0 aromatic heterocycles. The van der Waals surface area contributed by atoms with Crippen molar-refractivity contribution in [2.45, 2.75) is 0 Å². The van der Waals surface area contributed by atoms with Crippen molar-refractivity contribution in [3.8, 4) is 12.1 Å². The van der Waals surface area contributed by atoms with Gasteiger partial charge in [0.15, 0.2) is 0 Å². The van der Waals surface area contributed by atoms with Crippen LogP contribution in [0.4, 0.5) is 4.79 Å². The molecule has 14 heavy (non-hydrogen) atoms. The maximum Gasteiger partial charge on any atom is 0.319 e. The van der Waals surface area contributed by atoms with E-state index >= 15 is 0 Å². The van der Waals surface area contributed by atoms with Crippen LogP contribution in [0, 0.1) is 22.7 Å². The summed E-state index contributed by atoms with van der Waals surface area (Å²) in [6, 6.07) is 1.81. The fourth-order valence-corrected chi connectivity index (χ4v) is 0.409. The first-order valence-corrected chi connectivity index (χ1v) is 3.19. The molecule has 0 aromatic rings. The third kappa shape index (κ3) is 4.31. The number of hydrogen-bond donors (Lipinski definition) is 2. The van der Waals surface area contributed by atoms with Gasteiger partial charge in [0.05, 0.1) is 0 Å². The Morgan fingerprint density at radius 1 is 1.50 bits per heavy atom. The van der Waals surface area contributed by atoms with Crippen molar-refractivity contribution in [3.05, 3.63) is 0 Å². The monoisotopic (exact) mass is 195 g/mol. The number of nitrogens with one attached hydrogen (secondary N) is 1. The molecule has 0 saturated carbocycles. The Balaban J connectivity index is 4.36. The smallest absolute Gasteiger partial charge is 0.319 e. The fraction of sp³-hybridized carbons (Fsp3) is 0.167. The molecule has 0 rings (SSSR count). The van der Waals surface area contributed by atoms with E-state index in [1.807, 2.05) is 0 Å². The van der Waals surface area contributed by atoms with E-state index in [1.165, 1.54) is 6.07 Å². The summed E-state index contributed by atoms with van der Waals surface area (Å²) < 4.78 is 0. The van der Waals surface area contributed by atoms with Crippen molar-refractivity contribution in [3.63, 3.8) is 0 Å². The van der Waals surface area contributed by atoms with Crippen LogP contribution in [0.5, 0.6) is 0 Å². The van der Waals surface area contributed by atoms with Crippen LogP contribution in [0.25, 0.3) is 0 Å². The van der Waals surface area contributed by atoms with Crippen molar-refractivity contribution in [1.82, 2.24) is 5.32 Å². The molecular formula is C6H5N5O3. The van der Waals surface area contributed by atoms with Crippen molar-refractivity contribution in [1.29, 1.82) is 10.5 Å². The summed E-state index contributed by atoms with van der Waals surface area (Å²) in [5.41, 5.74) is 3.92. The van der Waals surface area contributed by atoms with Crippen molar-refractivity contribution >= 4 is 17.6 Å². The number of nitrogens with zero attached hydrogens (tertiary/aromatic N) is 3. The fourth-order valence-electron chi connectivity index (χ4n) is 0.409. The van der Waals surface area contributed by atoms with E-state index in [9.17, 15) is 9.59 Å². The molecule has 0 heterocycles. The second-order valence-electron chi connectivity index (χ2n) is 1.80. The molecule has 0 aliphatic heterocycles. The van der Waals surface area contributed by atoms with E-state index in [1.54, 1.807) is 11.4 Å². The van der Waals surface area contributed by atoms with Gasteiger partial charge in [-0.15, -0.1) is 0 Å². The number of amides is 3. The molecule has 0 spiro atoms. The SMILES string of the molecule is N#CCON=C(C#N)C(=O)NC(N)=O. The zero-order chi connectivity index (χ0) is 11.0. The molecule has 8 nitrogen and oxygen atoms in total. The van der Waals surface area contributed by atoms with E-state index in [0.29, 0.717) is 0 Å². The standard InChI is InChI=1S/C6H5N5O3/c7-1-2-14-11-4(3-8)5(12)10-6(9)13/h2H2,(H3,9,10,12,13). The molecule has 0 unspecified atom stereocenters. The van der Waals surface area contributed by atoms with Gasteiger partial charge in [0.1, 0.15) is 12.1 Å². The lowest BCUT2D eigenvalue weighted by Crippen LogP contribution is -2.39. The molecule has 3 N–H and O–H groups in total. The van der Waals surface area contributed by atoms with Crippen LogP contribution in [-0.4, -0.2) is 24.3 Å². The summed E-state index contributed by atoms with van der Waals surface area (Å²) in [5, 5.41) is 21.0. The number of carbonyl (C=O) groups excluding carboxylic acids is 2. The highest BCUT2D eigenvalue weighted by molar-refractivity contribution is 6.46. The lowest BCUT2D eigenvalue weighted by Gasteiger charge is -1.96. The second kappa shape index (κ2) is 5.97. The van der Waals surface area contributed by atoms with Crippen LogP contribution in [-0.2, 0) is 9.63 Å². The Labute approximate surface area is 78.5 Å². The first-order chi connectivity index (χ1) is 6.61. The van der Waals surface area contributed by atoms with Gasteiger partial charge in [-0.3, -0.25) is 10.1 Å². The predicted molar refractivity (Wildman–Crippen MR) is 42.3 cm³/mol. The number of oxime groups is 1. The van der Waals surface area contributed by atoms with Crippen LogP contribution in [0.1, 0.15) is 0 Å². The maximum atomic E-state index is 10.9. The summed E-state index contributed by atoms with van der Waals surface area (Å²) >= 11 is 0. The minimum absolute atomic E-state index is 0.408. The zero-order valence-electron chi connectivity index (χ0n) is 6.85. The highest BCUT2D eigenvalue weighted by Gasteiger charge is 2.13. The number of nitriles is 2. The van der Waals surface area contributed by atoms with E-state index < -0.39 is 24.3 Å². The molecule has 8 heteroatoms. The Bertz CT molecular complexity index is 347. The average Bonchev–Trinajstić information content (AvgIpc) is 2.11.